The smallest absolute Gasteiger partial charge is 0.322 e. The minimum absolute atomic E-state index is 0.152. The van der Waals surface area contributed by atoms with Crippen LogP contribution in [0.4, 0.5) is 0 Å². The van der Waals surface area contributed by atoms with E-state index in [1.165, 1.54) is 7.11 Å². The van der Waals surface area contributed by atoms with Crippen LogP contribution in [0.3, 0.4) is 0 Å². The third kappa shape index (κ3) is 3.18. The largest absolute Gasteiger partial charge is 0.468 e. The predicted molar refractivity (Wildman–Crippen MR) is 57.5 cm³/mol. The van der Waals surface area contributed by atoms with Gasteiger partial charge in [-0.2, -0.15) is 0 Å². The van der Waals surface area contributed by atoms with E-state index in [2.05, 4.69) is 4.90 Å². The molecule has 0 saturated carbocycles. The Hall–Kier alpha value is -0.610. The molecule has 1 heterocycles. The lowest BCUT2D eigenvalue weighted by Gasteiger charge is -2.28. The monoisotopic (exact) mass is 215 g/mol. The summed E-state index contributed by atoms with van der Waals surface area (Å²) < 4.78 is 4.75. The van der Waals surface area contributed by atoms with Gasteiger partial charge in [-0.25, -0.2) is 0 Å². The van der Waals surface area contributed by atoms with Crippen molar-refractivity contribution in [2.45, 2.75) is 44.7 Å². The van der Waals surface area contributed by atoms with Crippen molar-refractivity contribution in [3.8, 4) is 0 Å². The number of aliphatic hydroxyl groups is 1. The van der Waals surface area contributed by atoms with Crippen LogP contribution < -0.4 is 0 Å². The standard InChI is InChI=1S/C11H21NO3/c1-9(11(14)15-2)12-7-3-5-10(12)6-4-8-13/h9-10,13H,3-8H2,1-2H3. The van der Waals surface area contributed by atoms with Gasteiger partial charge in [0.1, 0.15) is 6.04 Å². The third-order valence-electron chi connectivity index (χ3n) is 3.16. The van der Waals surface area contributed by atoms with Gasteiger partial charge < -0.3 is 9.84 Å². The van der Waals surface area contributed by atoms with Crippen molar-refractivity contribution in [2.75, 3.05) is 20.3 Å². The molecule has 2 unspecified atom stereocenters. The summed E-state index contributed by atoms with van der Waals surface area (Å²) in [6, 6.07) is 0.285. The van der Waals surface area contributed by atoms with Crippen LogP contribution in [-0.4, -0.2) is 48.3 Å². The first-order valence-electron chi connectivity index (χ1n) is 5.65. The Balaban J connectivity index is 2.47. The van der Waals surface area contributed by atoms with Crippen molar-refractivity contribution in [3.63, 3.8) is 0 Å². The average Bonchev–Trinajstić information content (AvgIpc) is 2.72. The Labute approximate surface area is 91.2 Å². The molecule has 1 aliphatic rings. The minimum atomic E-state index is -0.161. The van der Waals surface area contributed by atoms with Gasteiger partial charge in [0, 0.05) is 12.6 Å². The number of aliphatic hydroxyl groups excluding tert-OH is 1. The van der Waals surface area contributed by atoms with Crippen LogP contribution >= 0.6 is 0 Å². The van der Waals surface area contributed by atoms with Crippen molar-refractivity contribution in [1.29, 1.82) is 0 Å². The number of nitrogens with zero attached hydrogens (tertiary/aromatic N) is 1. The van der Waals surface area contributed by atoms with E-state index in [9.17, 15) is 4.79 Å². The van der Waals surface area contributed by atoms with E-state index in [-0.39, 0.29) is 18.6 Å². The zero-order chi connectivity index (χ0) is 11.3. The Morgan fingerprint density at radius 1 is 1.67 bits per heavy atom. The summed E-state index contributed by atoms with van der Waals surface area (Å²) >= 11 is 0. The molecule has 1 aliphatic heterocycles. The number of methoxy groups -OCH3 is 1. The predicted octanol–water partition coefficient (Wildman–Crippen LogP) is 0.785. The average molecular weight is 215 g/mol. The molecule has 0 aromatic carbocycles. The van der Waals surface area contributed by atoms with Crippen molar-refractivity contribution in [1.82, 2.24) is 4.90 Å². The molecule has 1 rings (SSSR count). The van der Waals surface area contributed by atoms with Crippen LogP contribution in [0, 0.1) is 0 Å². The fourth-order valence-electron chi connectivity index (χ4n) is 2.31. The number of carbonyl (C=O) groups excluding carboxylic acids is 1. The normalized spacial score (nSPS) is 24.1. The molecule has 88 valence electrons. The molecule has 0 aromatic heterocycles. The number of hydrogen-bond donors (Lipinski definition) is 1. The summed E-state index contributed by atoms with van der Waals surface area (Å²) in [7, 11) is 1.43. The molecular formula is C11H21NO3. The van der Waals surface area contributed by atoms with Gasteiger partial charge in [0.15, 0.2) is 0 Å². The summed E-state index contributed by atoms with van der Waals surface area (Å²) in [5, 5.41) is 8.80. The highest BCUT2D eigenvalue weighted by atomic mass is 16.5. The molecule has 0 spiro atoms. The number of esters is 1. The minimum Gasteiger partial charge on any atom is -0.468 e. The second-order valence-corrected chi connectivity index (χ2v) is 4.10. The molecule has 4 heteroatoms. The SMILES string of the molecule is COC(=O)C(C)N1CCCC1CCCO. The van der Waals surface area contributed by atoms with Crippen molar-refractivity contribution in [3.05, 3.63) is 0 Å². The third-order valence-corrected chi connectivity index (χ3v) is 3.16. The van der Waals surface area contributed by atoms with Gasteiger partial charge in [-0.1, -0.05) is 0 Å². The summed E-state index contributed by atoms with van der Waals surface area (Å²) in [6.45, 7) is 3.09. The molecule has 0 aromatic rings. The molecule has 0 amide bonds. The van der Waals surface area contributed by atoms with Crippen molar-refractivity contribution < 1.29 is 14.6 Å². The van der Waals surface area contributed by atoms with Crippen molar-refractivity contribution in [2.24, 2.45) is 0 Å². The van der Waals surface area contributed by atoms with E-state index in [1.54, 1.807) is 0 Å². The quantitative estimate of drug-likeness (QED) is 0.689. The molecule has 1 saturated heterocycles. The fourth-order valence-corrected chi connectivity index (χ4v) is 2.31. The zero-order valence-corrected chi connectivity index (χ0v) is 9.61. The van der Waals surface area contributed by atoms with Gasteiger partial charge in [-0.15, -0.1) is 0 Å². The zero-order valence-electron chi connectivity index (χ0n) is 9.61. The van der Waals surface area contributed by atoms with Crippen LogP contribution in [0.25, 0.3) is 0 Å². The Kier molecular flexibility index (Phi) is 5.05. The van der Waals surface area contributed by atoms with Gasteiger partial charge in [0.25, 0.3) is 0 Å². The summed E-state index contributed by atoms with van der Waals surface area (Å²) in [6.07, 6.45) is 4.05. The first-order chi connectivity index (χ1) is 7.20. The molecule has 1 N–H and O–H groups in total. The van der Waals surface area contributed by atoms with Crippen LogP contribution in [-0.2, 0) is 9.53 Å². The van der Waals surface area contributed by atoms with Gasteiger partial charge >= 0.3 is 5.97 Å². The number of hydrogen-bond acceptors (Lipinski definition) is 4. The van der Waals surface area contributed by atoms with E-state index in [0.717, 1.165) is 32.2 Å². The molecule has 15 heavy (non-hydrogen) atoms. The van der Waals surface area contributed by atoms with Crippen LogP contribution in [0.2, 0.25) is 0 Å². The number of likely N-dealkylation sites (tertiary alicyclic amines) is 1. The summed E-state index contributed by atoms with van der Waals surface area (Å²) in [5.74, 6) is -0.161. The van der Waals surface area contributed by atoms with Crippen molar-refractivity contribution >= 4 is 5.97 Å². The van der Waals surface area contributed by atoms with E-state index in [0.29, 0.717) is 6.04 Å². The van der Waals surface area contributed by atoms with E-state index >= 15 is 0 Å². The Morgan fingerprint density at radius 3 is 3.00 bits per heavy atom. The van der Waals surface area contributed by atoms with Gasteiger partial charge in [0.2, 0.25) is 0 Å². The number of rotatable bonds is 5. The topological polar surface area (TPSA) is 49.8 Å². The van der Waals surface area contributed by atoms with E-state index in [4.69, 9.17) is 9.84 Å². The lowest BCUT2D eigenvalue weighted by atomic mass is 10.1. The second-order valence-electron chi connectivity index (χ2n) is 4.10. The lowest BCUT2D eigenvalue weighted by molar-refractivity contribution is -0.146. The highest BCUT2D eigenvalue weighted by Crippen LogP contribution is 2.23. The molecular weight excluding hydrogens is 194 g/mol. The molecule has 2 atom stereocenters. The van der Waals surface area contributed by atoms with E-state index < -0.39 is 0 Å². The Bertz CT molecular complexity index is 208. The summed E-state index contributed by atoms with van der Waals surface area (Å²) in [5.41, 5.74) is 0. The highest BCUT2D eigenvalue weighted by molar-refractivity contribution is 5.75. The van der Waals surface area contributed by atoms with Gasteiger partial charge in [0.05, 0.1) is 7.11 Å². The number of ether oxygens (including phenoxy) is 1. The van der Waals surface area contributed by atoms with Crippen LogP contribution in [0.1, 0.15) is 32.6 Å². The molecule has 4 nitrogen and oxygen atoms in total. The maximum absolute atomic E-state index is 11.4. The van der Waals surface area contributed by atoms with Gasteiger partial charge in [-0.3, -0.25) is 9.69 Å². The molecule has 0 bridgehead atoms. The maximum Gasteiger partial charge on any atom is 0.322 e. The number of carbonyl (C=O) groups is 1. The molecule has 1 fully saturated rings. The lowest BCUT2D eigenvalue weighted by Crippen LogP contribution is -2.42. The van der Waals surface area contributed by atoms with Crippen LogP contribution in [0.5, 0.6) is 0 Å². The summed E-state index contributed by atoms with van der Waals surface area (Å²) in [4.78, 5) is 13.6. The van der Waals surface area contributed by atoms with Crippen LogP contribution in [0.15, 0.2) is 0 Å². The van der Waals surface area contributed by atoms with Gasteiger partial charge in [-0.05, 0) is 39.2 Å². The molecule has 0 aliphatic carbocycles. The first kappa shape index (κ1) is 12.5. The van der Waals surface area contributed by atoms with E-state index in [1.807, 2.05) is 6.92 Å². The highest BCUT2D eigenvalue weighted by Gasteiger charge is 2.31. The maximum atomic E-state index is 11.4. The Morgan fingerprint density at radius 2 is 2.40 bits per heavy atom. The first-order valence-corrected chi connectivity index (χ1v) is 5.65. The molecule has 0 radical (unpaired) electrons. The second kappa shape index (κ2) is 6.08. The fraction of sp³-hybridized carbons (Fsp3) is 0.909.